The van der Waals surface area contributed by atoms with Crippen LogP contribution in [0.4, 0.5) is 14.9 Å². The average molecular weight is 524 g/mol. The van der Waals surface area contributed by atoms with Crippen molar-refractivity contribution in [1.82, 2.24) is 9.80 Å². The second kappa shape index (κ2) is 12.3. The molecule has 1 aliphatic heterocycles. The highest BCUT2D eigenvalue weighted by Crippen LogP contribution is 2.21. The molecule has 3 aromatic rings. The Morgan fingerprint density at radius 2 is 1.81 bits per heavy atom. The number of amides is 3. The van der Waals surface area contributed by atoms with Crippen LogP contribution in [0.1, 0.15) is 40.0 Å². The zero-order chi connectivity index (χ0) is 26.4. The predicted molar refractivity (Wildman–Crippen MR) is 145 cm³/mol. The van der Waals surface area contributed by atoms with E-state index in [-0.39, 0.29) is 30.4 Å². The van der Waals surface area contributed by atoms with Crippen LogP contribution in [-0.2, 0) is 22.6 Å². The summed E-state index contributed by atoms with van der Waals surface area (Å²) in [5, 5.41) is 4.99. The number of nitrogens with zero attached hydrogens (tertiary/aromatic N) is 2. The monoisotopic (exact) mass is 523 g/mol. The van der Waals surface area contributed by atoms with E-state index in [1.807, 2.05) is 50.4 Å². The molecule has 1 N–H and O–H groups in total. The molecule has 1 aliphatic rings. The van der Waals surface area contributed by atoms with Gasteiger partial charge in [-0.25, -0.2) is 9.18 Å². The number of hydrogen-bond donors (Lipinski definition) is 1. The van der Waals surface area contributed by atoms with Gasteiger partial charge in [0.1, 0.15) is 12.4 Å². The summed E-state index contributed by atoms with van der Waals surface area (Å²) >= 11 is 1.60. The second-order valence-electron chi connectivity index (χ2n) is 9.67. The first-order valence-electron chi connectivity index (χ1n) is 12.6. The highest BCUT2D eigenvalue weighted by atomic mass is 32.1. The molecular formula is C29H34FN3O3S. The molecule has 8 heteroatoms. The normalized spacial score (nSPS) is 15.0. The molecule has 37 heavy (non-hydrogen) atoms. The summed E-state index contributed by atoms with van der Waals surface area (Å²) in [6.07, 6.45) is 1.71. The third-order valence-electron chi connectivity index (χ3n) is 6.63. The second-order valence-corrected chi connectivity index (χ2v) is 10.7. The Balaban J connectivity index is 1.54. The number of urea groups is 1. The van der Waals surface area contributed by atoms with Crippen LogP contribution < -0.4 is 5.32 Å². The number of rotatable bonds is 9. The van der Waals surface area contributed by atoms with Gasteiger partial charge in [-0.2, -0.15) is 0 Å². The SMILES string of the molecule is Cc1ccc(NC(=O)N(CC(=O)N(Cc2ccc(F)cc2)Cc2sccc2C)CC2CCCO2)c(C)c1. The molecule has 6 nitrogen and oxygen atoms in total. The Bertz CT molecular complexity index is 1220. The van der Waals surface area contributed by atoms with Crippen molar-refractivity contribution in [3.8, 4) is 0 Å². The minimum absolute atomic E-state index is 0.0811. The summed E-state index contributed by atoms with van der Waals surface area (Å²) < 4.78 is 19.3. The fourth-order valence-corrected chi connectivity index (χ4v) is 5.37. The van der Waals surface area contributed by atoms with Gasteiger partial charge < -0.3 is 19.9 Å². The van der Waals surface area contributed by atoms with Crippen molar-refractivity contribution in [3.63, 3.8) is 0 Å². The summed E-state index contributed by atoms with van der Waals surface area (Å²) in [5.74, 6) is -0.493. The lowest BCUT2D eigenvalue weighted by Crippen LogP contribution is -2.47. The largest absolute Gasteiger partial charge is 0.376 e. The molecule has 2 aromatic carbocycles. The van der Waals surface area contributed by atoms with Gasteiger partial charge in [0.2, 0.25) is 5.91 Å². The third-order valence-corrected chi connectivity index (χ3v) is 7.63. The lowest BCUT2D eigenvalue weighted by atomic mass is 10.1. The Labute approximate surface area is 222 Å². The average Bonchev–Trinajstić information content (AvgIpc) is 3.53. The first-order chi connectivity index (χ1) is 17.8. The van der Waals surface area contributed by atoms with E-state index in [4.69, 9.17) is 4.74 Å². The molecule has 0 radical (unpaired) electrons. The Hall–Kier alpha value is -3.23. The lowest BCUT2D eigenvalue weighted by Gasteiger charge is -2.29. The molecule has 1 atom stereocenters. The van der Waals surface area contributed by atoms with Gasteiger partial charge in [0.15, 0.2) is 0 Å². The molecule has 0 saturated carbocycles. The first kappa shape index (κ1) is 26.8. The van der Waals surface area contributed by atoms with E-state index in [1.54, 1.807) is 33.3 Å². The van der Waals surface area contributed by atoms with Crippen LogP contribution in [0.15, 0.2) is 53.9 Å². The number of ether oxygens (including phenoxy) is 1. The smallest absolute Gasteiger partial charge is 0.322 e. The molecule has 1 fully saturated rings. The van der Waals surface area contributed by atoms with Crippen LogP contribution in [0, 0.1) is 26.6 Å². The van der Waals surface area contributed by atoms with Crippen LogP contribution in [0.25, 0.3) is 0 Å². The van der Waals surface area contributed by atoms with Crippen LogP contribution in [0.5, 0.6) is 0 Å². The van der Waals surface area contributed by atoms with E-state index in [0.717, 1.165) is 45.7 Å². The summed E-state index contributed by atoms with van der Waals surface area (Å²) in [6, 6.07) is 13.7. The summed E-state index contributed by atoms with van der Waals surface area (Å²) in [7, 11) is 0. The van der Waals surface area contributed by atoms with E-state index in [9.17, 15) is 14.0 Å². The topological polar surface area (TPSA) is 61.9 Å². The van der Waals surface area contributed by atoms with Crippen LogP contribution in [0.2, 0.25) is 0 Å². The van der Waals surface area contributed by atoms with Crippen molar-refractivity contribution in [2.24, 2.45) is 0 Å². The number of benzene rings is 2. The molecule has 0 spiro atoms. The van der Waals surface area contributed by atoms with E-state index >= 15 is 0 Å². The van der Waals surface area contributed by atoms with E-state index < -0.39 is 0 Å². The van der Waals surface area contributed by atoms with E-state index in [1.165, 1.54) is 12.1 Å². The van der Waals surface area contributed by atoms with Gasteiger partial charge in [-0.3, -0.25) is 4.79 Å². The minimum atomic E-state index is -0.329. The number of anilines is 1. The molecule has 1 aromatic heterocycles. The first-order valence-corrected chi connectivity index (χ1v) is 13.5. The van der Waals surface area contributed by atoms with Gasteiger partial charge in [-0.15, -0.1) is 11.3 Å². The molecule has 2 heterocycles. The zero-order valence-corrected chi connectivity index (χ0v) is 22.4. The summed E-state index contributed by atoms with van der Waals surface area (Å²) in [4.78, 5) is 31.5. The van der Waals surface area contributed by atoms with Crippen molar-refractivity contribution < 1.29 is 18.7 Å². The van der Waals surface area contributed by atoms with Gasteiger partial charge in [0.25, 0.3) is 0 Å². The van der Waals surface area contributed by atoms with Crippen molar-refractivity contribution in [1.29, 1.82) is 0 Å². The maximum Gasteiger partial charge on any atom is 0.322 e. The van der Waals surface area contributed by atoms with Gasteiger partial charge >= 0.3 is 6.03 Å². The molecule has 196 valence electrons. The van der Waals surface area contributed by atoms with Crippen molar-refractivity contribution in [3.05, 3.63) is 86.9 Å². The third kappa shape index (κ3) is 7.40. The van der Waals surface area contributed by atoms with Crippen LogP contribution >= 0.6 is 11.3 Å². The molecule has 0 aliphatic carbocycles. The predicted octanol–water partition coefficient (Wildman–Crippen LogP) is 6.05. The number of aryl methyl sites for hydroxylation is 3. The molecule has 3 amide bonds. The standard InChI is InChI=1S/C29H34FN3O3S/c1-20-6-11-26(22(3)15-20)31-29(35)33(17-25-5-4-13-36-25)19-28(34)32(18-27-21(2)12-14-37-27)16-23-7-9-24(30)10-8-23/h6-12,14-15,25H,4-5,13,16-19H2,1-3H3,(H,31,35). The summed E-state index contributed by atoms with van der Waals surface area (Å²) in [5.41, 5.74) is 4.74. The quantitative estimate of drug-likeness (QED) is 0.371. The van der Waals surface area contributed by atoms with Crippen LogP contribution in [-0.4, -0.2) is 47.5 Å². The highest BCUT2D eigenvalue weighted by Gasteiger charge is 2.27. The van der Waals surface area contributed by atoms with Gasteiger partial charge in [-0.1, -0.05) is 29.8 Å². The van der Waals surface area contributed by atoms with Crippen molar-refractivity contribution in [2.75, 3.05) is 25.0 Å². The molecular weight excluding hydrogens is 489 g/mol. The van der Waals surface area contributed by atoms with Crippen molar-refractivity contribution in [2.45, 2.75) is 52.8 Å². The Morgan fingerprint density at radius 3 is 2.46 bits per heavy atom. The number of carbonyl (C=O) groups is 2. The van der Waals surface area contributed by atoms with Gasteiger partial charge in [0.05, 0.1) is 12.6 Å². The van der Waals surface area contributed by atoms with Crippen molar-refractivity contribution >= 4 is 29.0 Å². The summed E-state index contributed by atoms with van der Waals surface area (Å²) in [6.45, 7) is 7.65. The highest BCUT2D eigenvalue weighted by molar-refractivity contribution is 7.10. The molecule has 0 bridgehead atoms. The number of carbonyl (C=O) groups excluding carboxylic acids is 2. The lowest BCUT2D eigenvalue weighted by molar-refractivity contribution is -0.133. The minimum Gasteiger partial charge on any atom is -0.376 e. The molecule has 4 rings (SSSR count). The number of halogens is 1. The van der Waals surface area contributed by atoms with Crippen LogP contribution in [0.3, 0.4) is 0 Å². The number of nitrogens with one attached hydrogen (secondary N) is 1. The van der Waals surface area contributed by atoms with Gasteiger partial charge in [-0.05, 0) is 79.9 Å². The van der Waals surface area contributed by atoms with E-state index in [2.05, 4.69) is 5.32 Å². The van der Waals surface area contributed by atoms with Gasteiger partial charge in [0, 0.05) is 30.3 Å². The molecule has 1 saturated heterocycles. The van der Waals surface area contributed by atoms with E-state index in [0.29, 0.717) is 26.2 Å². The maximum absolute atomic E-state index is 13.7. The number of hydrogen-bond acceptors (Lipinski definition) is 4. The fraction of sp³-hybridized carbons (Fsp3) is 0.379. The number of thiophene rings is 1. The maximum atomic E-state index is 13.7. The molecule has 1 unspecified atom stereocenters. The fourth-order valence-electron chi connectivity index (χ4n) is 4.45. The zero-order valence-electron chi connectivity index (χ0n) is 21.6. The Morgan fingerprint density at radius 1 is 1.03 bits per heavy atom. The Kier molecular flexibility index (Phi) is 8.95.